The van der Waals surface area contributed by atoms with Crippen molar-refractivity contribution in [1.29, 1.82) is 0 Å². The molecule has 0 saturated heterocycles. The van der Waals surface area contributed by atoms with E-state index in [4.69, 9.17) is 23.1 Å². The first-order valence-corrected chi connectivity index (χ1v) is 7.81. The van der Waals surface area contributed by atoms with Crippen molar-refractivity contribution in [3.63, 3.8) is 0 Å². The molecule has 0 radical (unpaired) electrons. The van der Waals surface area contributed by atoms with E-state index in [2.05, 4.69) is 15.3 Å². The van der Waals surface area contributed by atoms with Crippen LogP contribution in [0.25, 0.3) is 0 Å². The fraction of sp³-hybridized carbons (Fsp3) is 0.0909. The van der Waals surface area contributed by atoms with Crippen LogP contribution in [0.5, 0.6) is 0 Å². The monoisotopic (exact) mass is 340 g/mol. The summed E-state index contributed by atoms with van der Waals surface area (Å²) in [6.07, 6.45) is 0. The number of nitrogens with two attached hydrogens (primary N) is 2. The lowest BCUT2D eigenvalue weighted by Crippen LogP contribution is -2.29. The zero-order chi connectivity index (χ0) is 16.5. The van der Waals surface area contributed by atoms with Gasteiger partial charge in [-0.2, -0.15) is 9.80 Å². The average molecular weight is 340 g/mol. The second-order valence-electron chi connectivity index (χ2n) is 4.30. The molecular weight excluding hydrogens is 328 g/mol. The summed E-state index contributed by atoms with van der Waals surface area (Å²) >= 11 is 4.72. The fourth-order valence-corrected chi connectivity index (χ4v) is 2.26. The van der Waals surface area contributed by atoms with Crippen molar-refractivity contribution in [2.24, 2.45) is 21.1 Å². The molecule has 11 heteroatoms. The molecule has 1 heterocycles. The quantitative estimate of drug-likeness (QED) is 0.553. The standard InChI is InChI=1S/C11H12N6O3S2/c1-6-9(10(18)17(16-6)11(12)21)15-14-7-2-4-8(5-3-7)22(13,19)20/h2-5,16H,1H3,(H2,12,21)(H2,13,19,20). The molecule has 0 amide bonds. The maximum atomic E-state index is 12.0. The van der Waals surface area contributed by atoms with Gasteiger partial charge in [0.05, 0.1) is 16.3 Å². The Labute approximate surface area is 130 Å². The maximum Gasteiger partial charge on any atom is 0.301 e. The molecule has 5 N–H and O–H groups in total. The van der Waals surface area contributed by atoms with Gasteiger partial charge in [-0.05, 0) is 43.4 Å². The lowest BCUT2D eigenvalue weighted by molar-refractivity contribution is 0.598. The van der Waals surface area contributed by atoms with E-state index in [-0.39, 0.29) is 15.7 Å². The van der Waals surface area contributed by atoms with Gasteiger partial charge in [0.15, 0.2) is 10.8 Å². The molecule has 1 aromatic heterocycles. The topological polar surface area (TPSA) is 149 Å². The summed E-state index contributed by atoms with van der Waals surface area (Å²) in [7, 11) is -3.77. The number of H-pyrrole nitrogens is 1. The van der Waals surface area contributed by atoms with Crippen molar-refractivity contribution >= 4 is 38.7 Å². The van der Waals surface area contributed by atoms with Gasteiger partial charge < -0.3 is 5.73 Å². The lowest BCUT2D eigenvalue weighted by Gasteiger charge is -1.97. The number of primary sulfonamides is 1. The number of hydrogen-bond acceptors (Lipinski definition) is 6. The number of nitrogens with zero attached hydrogens (tertiary/aromatic N) is 3. The van der Waals surface area contributed by atoms with Gasteiger partial charge in [0.25, 0.3) is 0 Å². The van der Waals surface area contributed by atoms with Crippen molar-refractivity contribution < 1.29 is 8.42 Å². The van der Waals surface area contributed by atoms with Crippen LogP contribution in [0, 0.1) is 6.92 Å². The van der Waals surface area contributed by atoms with Crippen LogP contribution in [0.4, 0.5) is 11.4 Å². The second-order valence-corrected chi connectivity index (χ2v) is 6.28. The van der Waals surface area contributed by atoms with E-state index >= 15 is 0 Å². The predicted molar refractivity (Wildman–Crippen MR) is 84.0 cm³/mol. The Kier molecular flexibility index (Phi) is 4.21. The Balaban J connectivity index is 2.34. The molecule has 2 aromatic rings. The van der Waals surface area contributed by atoms with Crippen LogP contribution in [0.2, 0.25) is 0 Å². The normalized spacial score (nSPS) is 11.9. The Morgan fingerprint density at radius 2 is 1.86 bits per heavy atom. The number of rotatable bonds is 3. The highest BCUT2D eigenvalue weighted by Crippen LogP contribution is 2.19. The van der Waals surface area contributed by atoms with Gasteiger partial charge in [-0.3, -0.25) is 9.89 Å². The number of thiocarbonyl (C=S) groups is 1. The molecule has 22 heavy (non-hydrogen) atoms. The molecule has 0 unspecified atom stereocenters. The van der Waals surface area contributed by atoms with Gasteiger partial charge >= 0.3 is 5.56 Å². The molecule has 0 bridgehead atoms. The van der Waals surface area contributed by atoms with Crippen molar-refractivity contribution in [3.8, 4) is 0 Å². The zero-order valence-electron chi connectivity index (χ0n) is 11.3. The van der Waals surface area contributed by atoms with Gasteiger partial charge in [0.1, 0.15) is 0 Å². The Hall–Kier alpha value is -2.37. The minimum atomic E-state index is -3.77. The first-order valence-electron chi connectivity index (χ1n) is 5.86. The van der Waals surface area contributed by atoms with Gasteiger partial charge in [0, 0.05) is 0 Å². The second kappa shape index (κ2) is 5.79. The van der Waals surface area contributed by atoms with E-state index in [0.717, 1.165) is 4.68 Å². The van der Waals surface area contributed by atoms with Crippen molar-refractivity contribution in [2.45, 2.75) is 11.8 Å². The predicted octanol–water partition coefficient (Wildman–Crippen LogP) is 0.639. The molecule has 116 valence electrons. The summed E-state index contributed by atoms with van der Waals surface area (Å²) in [5.41, 5.74) is 5.73. The van der Waals surface area contributed by atoms with Crippen molar-refractivity contribution in [3.05, 3.63) is 40.3 Å². The molecular formula is C11H12N6O3S2. The molecule has 0 atom stereocenters. The lowest BCUT2D eigenvalue weighted by atomic mass is 10.3. The summed E-state index contributed by atoms with van der Waals surface area (Å²) in [4.78, 5) is 11.9. The number of benzene rings is 1. The highest BCUT2D eigenvalue weighted by Gasteiger charge is 2.12. The van der Waals surface area contributed by atoms with Crippen LogP contribution in [-0.2, 0) is 10.0 Å². The van der Waals surface area contributed by atoms with E-state index in [1.54, 1.807) is 6.92 Å². The molecule has 2 rings (SSSR count). The highest BCUT2D eigenvalue weighted by atomic mass is 32.2. The molecule has 0 spiro atoms. The minimum Gasteiger partial charge on any atom is -0.374 e. The molecule has 0 aliphatic heterocycles. The first-order chi connectivity index (χ1) is 10.2. The molecule has 0 saturated carbocycles. The number of nitrogens with one attached hydrogen (secondary N) is 1. The Morgan fingerprint density at radius 3 is 2.32 bits per heavy atom. The largest absolute Gasteiger partial charge is 0.374 e. The molecule has 9 nitrogen and oxygen atoms in total. The van der Waals surface area contributed by atoms with Gasteiger partial charge in [-0.25, -0.2) is 13.6 Å². The highest BCUT2D eigenvalue weighted by molar-refractivity contribution is 7.89. The maximum absolute atomic E-state index is 12.0. The van der Waals surface area contributed by atoms with Crippen LogP contribution in [0.15, 0.2) is 44.2 Å². The number of aromatic amines is 1. The Bertz CT molecular complexity index is 908. The SMILES string of the molecule is Cc1[nH]n(C(N)=S)c(=O)c1N=Nc1ccc(S(N)(=O)=O)cc1. The van der Waals surface area contributed by atoms with Crippen LogP contribution < -0.4 is 16.4 Å². The number of hydrogen-bond donors (Lipinski definition) is 3. The molecule has 1 aromatic carbocycles. The van der Waals surface area contributed by atoms with E-state index in [1.807, 2.05) is 0 Å². The van der Waals surface area contributed by atoms with Crippen LogP contribution in [0.3, 0.4) is 0 Å². The third-order valence-corrected chi connectivity index (χ3v) is 3.80. The fourth-order valence-electron chi connectivity index (χ4n) is 1.62. The third kappa shape index (κ3) is 3.27. The smallest absolute Gasteiger partial charge is 0.301 e. The molecule has 0 aliphatic carbocycles. The molecule has 0 aliphatic rings. The van der Waals surface area contributed by atoms with E-state index in [0.29, 0.717) is 11.4 Å². The number of aryl methyl sites for hydroxylation is 1. The van der Waals surface area contributed by atoms with E-state index in [1.165, 1.54) is 24.3 Å². The summed E-state index contributed by atoms with van der Waals surface area (Å²) in [6.45, 7) is 1.62. The number of sulfonamides is 1. The van der Waals surface area contributed by atoms with Crippen molar-refractivity contribution in [1.82, 2.24) is 9.78 Å². The van der Waals surface area contributed by atoms with Gasteiger partial charge in [-0.1, -0.05) is 0 Å². The molecule has 0 fully saturated rings. The number of azo groups is 1. The van der Waals surface area contributed by atoms with Crippen LogP contribution >= 0.6 is 12.2 Å². The summed E-state index contributed by atoms with van der Waals surface area (Å²) < 4.78 is 23.2. The number of aromatic nitrogens is 2. The summed E-state index contributed by atoms with van der Waals surface area (Å²) in [5, 5.41) is 15.2. The third-order valence-electron chi connectivity index (χ3n) is 2.69. The van der Waals surface area contributed by atoms with E-state index in [9.17, 15) is 13.2 Å². The van der Waals surface area contributed by atoms with Crippen molar-refractivity contribution in [2.75, 3.05) is 0 Å². The Morgan fingerprint density at radius 1 is 1.27 bits per heavy atom. The van der Waals surface area contributed by atoms with Gasteiger partial charge in [0.2, 0.25) is 10.0 Å². The van der Waals surface area contributed by atoms with E-state index < -0.39 is 15.6 Å². The van der Waals surface area contributed by atoms with Gasteiger partial charge in [-0.15, -0.1) is 5.11 Å². The summed E-state index contributed by atoms with van der Waals surface area (Å²) in [6, 6.07) is 5.41. The minimum absolute atomic E-state index is 0.0416. The average Bonchev–Trinajstić information content (AvgIpc) is 2.71. The zero-order valence-corrected chi connectivity index (χ0v) is 13.0. The first kappa shape index (κ1) is 16.0. The summed E-state index contributed by atoms with van der Waals surface area (Å²) in [5.74, 6) is 0. The van der Waals surface area contributed by atoms with Crippen LogP contribution in [0.1, 0.15) is 5.69 Å². The van der Waals surface area contributed by atoms with Crippen LogP contribution in [-0.4, -0.2) is 23.3 Å².